The lowest BCUT2D eigenvalue weighted by molar-refractivity contribution is 0.0928. The van der Waals surface area contributed by atoms with Crippen LogP contribution in [0.5, 0.6) is 0 Å². The van der Waals surface area contributed by atoms with Crippen LogP contribution >= 0.6 is 0 Å². The van der Waals surface area contributed by atoms with Crippen molar-refractivity contribution in [3.8, 4) is 0 Å². The third-order valence-electron chi connectivity index (χ3n) is 2.34. The van der Waals surface area contributed by atoms with Crippen LogP contribution in [0.4, 0.5) is 4.39 Å². The first-order valence-electron chi connectivity index (χ1n) is 5.65. The van der Waals surface area contributed by atoms with Gasteiger partial charge in [-0.1, -0.05) is 13.8 Å². The van der Waals surface area contributed by atoms with Crippen LogP contribution in [0.25, 0.3) is 0 Å². The van der Waals surface area contributed by atoms with Gasteiger partial charge in [0.1, 0.15) is 11.5 Å². The molecule has 0 bridgehead atoms. The van der Waals surface area contributed by atoms with E-state index in [1.807, 2.05) is 0 Å². The third-order valence-corrected chi connectivity index (χ3v) is 2.34. The summed E-state index contributed by atoms with van der Waals surface area (Å²) in [5, 5.41) is 2.78. The monoisotopic (exact) mass is 239 g/mol. The van der Waals surface area contributed by atoms with Crippen molar-refractivity contribution in [1.29, 1.82) is 0 Å². The number of nitrogens with one attached hydrogen (secondary N) is 1. The van der Waals surface area contributed by atoms with Gasteiger partial charge in [-0.15, -0.1) is 0 Å². The van der Waals surface area contributed by atoms with Crippen molar-refractivity contribution >= 4 is 5.91 Å². The van der Waals surface area contributed by atoms with E-state index in [0.717, 1.165) is 12.6 Å². The number of rotatable bonds is 5. The van der Waals surface area contributed by atoms with Gasteiger partial charge in [0.05, 0.1) is 6.20 Å². The fourth-order valence-electron chi connectivity index (χ4n) is 1.55. The molecule has 0 radical (unpaired) electrons. The molecule has 1 unspecified atom stereocenters. The number of hydrogen-bond donors (Lipinski definition) is 2. The van der Waals surface area contributed by atoms with E-state index in [9.17, 15) is 9.18 Å². The zero-order valence-electron chi connectivity index (χ0n) is 10.1. The Morgan fingerprint density at radius 2 is 2.24 bits per heavy atom. The van der Waals surface area contributed by atoms with Gasteiger partial charge in [-0.05, 0) is 24.5 Å². The molecule has 94 valence electrons. The van der Waals surface area contributed by atoms with Crippen LogP contribution < -0.4 is 11.1 Å². The molecule has 4 nitrogen and oxygen atoms in total. The molecular formula is C12H18FN3O. The van der Waals surface area contributed by atoms with Crippen molar-refractivity contribution in [3.05, 3.63) is 29.8 Å². The Morgan fingerprint density at radius 3 is 2.71 bits per heavy atom. The van der Waals surface area contributed by atoms with Crippen LogP contribution in [-0.4, -0.2) is 23.5 Å². The van der Waals surface area contributed by atoms with Gasteiger partial charge >= 0.3 is 0 Å². The van der Waals surface area contributed by atoms with Crippen molar-refractivity contribution in [2.75, 3.05) is 6.54 Å². The second kappa shape index (κ2) is 6.30. The van der Waals surface area contributed by atoms with Crippen molar-refractivity contribution < 1.29 is 9.18 Å². The molecule has 17 heavy (non-hydrogen) atoms. The number of pyridine rings is 1. The number of nitrogens with zero attached hydrogens (tertiary/aromatic N) is 1. The first-order chi connectivity index (χ1) is 8.02. The average Bonchev–Trinajstić information content (AvgIpc) is 2.28. The average molecular weight is 239 g/mol. The van der Waals surface area contributed by atoms with E-state index < -0.39 is 5.82 Å². The predicted molar refractivity (Wildman–Crippen MR) is 64.0 cm³/mol. The molecule has 0 aliphatic carbocycles. The van der Waals surface area contributed by atoms with Gasteiger partial charge < -0.3 is 11.1 Å². The summed E-state index contributed by atoms with van der Waals surface area (Å²) in [4.78, 5) is 15.5. The second-order valence-electron chi connectivity index (χ2n) is 4.40. The zero-order valence-corrected chi connectivity index (χ0v) is 10.1. The molecule has 1 atom stereocenters. The standard InChI is InChI=1S/C12H18FN3O/c1-8(2)5-10(6-14)16-12(17)11-4-3-9(13)7-15-11/h3-4,7-8,10H,5-6,14H2,1-2H3,(H,16,17). The Labute approximate surface area is 100 Å². The van der Waals surface area contributed by atoms with E-state index in [1.54, 1.807) is 0 Å². The van der Waals surface area contributed by atoms with Crippen molar-refractivity contribution in [1.82, 2.24) is 10.3 Å². The Hall–Kier alpha value is -1.49. The number of aromatic nitrogens is 1. The van der Waals surface area contributed by atoms with Gasteiger partial charge in [0.15, 0.2) is 0 Å². The van der Waals surface area contributed by atoms with E-state index in [-0.39, 0.29) is 17.6 Å². The molecule has 1 heterocycles. The van der Waals surface area contributed by atoms with Gasteiger partial charge in [-0.3, -0.25) is 4.79 Å². The van der Waals surface area contributed by atoms with E-state index in [0.29, 0.717) is 12.5 Å². The van der Waals surface area contributed by atoms with E-state index >= 15 is 0 Å². The summed E-state index contributed by atoms with van der Waals surface area (Å²) >= 11 is 0. The maximum absolute atomic E-state index is 12.6. The Bertz CT molecular complexity index is 365. The Balaban J connectivity index is 2.61. The highest BCUT2D eigenvalue weighted by Gasteiger charge is 2.14. The second-order valence-corrected chi connectivity index (χ2v) is 4.40. The van der Waals surface area contributed by atoms with Gasteiger partial charge in [-0.25, -0.2) is 9.37 Å². The zero-order chi connectivity index (χ0) is 12.8. The predicted octanol–water partition coefficient (Wildman–Crippen LogP) is 1.32. The fourth-order valence-corrected chi connectivity index (χ4v) is 1.55. The van der Waals surface area contributed by atoms with E-state index in [4.69, 9.17) is 5.73 Å². The molecular weight excluding hydrogens is 221 g/mol. The first-order valence-corrected chi connectivity index (χ1v) is 5.65. The molecule has 0 saturated carbocycles. The molecule has 1 rings (SSSR count). The molecule has 1 aromatic rings. The van der Waals surface area contributed by atoms with Crippen LogP contribution in [0, 0.1) is 11.7 Å². The number of halogens is 1. The minimum Gasteiger partial charge on any atom is -0.347 e. The summed E-state index contributed by atoms with van der Waals surface area (Å²) in [5.41, 5.74) is 5.78. The minimum absolute atomic E-state index is 0.0747. The summed E-state index contributed by atoms with van der Waals surface area (Å²) in [5.74, 6) is -0.328. The van der Waals surface area contributed by atoms with Crippen LogP contribution in [-0.2, 0) is 0 Å². The largest absolute Gasteiger partial charge is 0.347 e. The van der Waals surface area contributed by atoms with Gasteiger partial charge in [0, 0.05) is 12.6 Å². The number of amides is 1. The topological polar surface area (TPSA) is 68.0 Å². The van der Waals surface area contributed by atoms with Crippen molar-refractivity contribution in [2.24, 2.45) is 11.7 Å². The quantitative estimate of drug-likeness (QED) is 0.814. The molecule has 0 aromatic carbocycles. The highest BCUT2D eigenvalue weighted by atomic mass is 19.1. The van der Waals surface area contributed by atoms with Gasteiger partial charge in [0.2, 0.25) is 0 Å². The molecule has 0 spiro atoms. The smallest absolute Gasteiger partial charge is 0.270 e. The van der Waals surface area contributed by atoms with E-state index in [1.165, 1.54) is 12.1 Å². The van der Waals surface area contributed by atoms with Crippen LogP contribution in [0.3, 0.4) is 0 Å². The summed E-state index contributed by atoms with van der Waals surface area (Å²) in [6.45, 7) is 4.50. The van der Waals surface area contributed by atoms with Crippen molar-refractivity contribution in [2.45, 2.75) is 26.3 Å². The molecule has 0 aliphatic heterocycles. The van der Waals surface area contributed by atoms with E-state index in [2.05, 4.69) is 24.1 Å². The number of carbonyl (C=O) groups is 1. The van der Waals surface area contributed by atoms with Crippen LogP contribution in [0.1, 0.15) is 30.8 Å². The van der Waals surface area contributed by atoms with Gasteiger partial charge in [0.25, 0.3) is 5.91 Å². The number of nitrogens with two attached hydrogens (primary N) is 1. The highest BCUT2D eigenvalue weighted by molar-refractivity contribution is 5.92. The normalized spacial score (nSPS) is 12.5. The van der Waals surface area contributed by atoms with Crippen molar-refractivity contribution in [3.63, 3.8) is 0 Å². The Kier molecular flexibility index (Phi) is 5.03. The molecule has 1 aromatic heterocycles. The highest BCUT2D eigenvalue weighted by Crippen LogP contribution is 2.05. The molecule has 1 amide bonds. The summed E-state index contributed by atoms with van der Waals surface area (Å²) in [6.07, 6.45) is 1.83. The lowest BCUT2D eigenvalue weighted by Crippen LogP contribution is -2.41. The van der Waals surface area contributed by atoms with Gasteiger partial charge in [-0.2, -0.15) is 0 Å². The third kappa shape index (κ3) is 4.48. The molecule has 0 saturated heterocycles. The minimum atomic E-state index is -0.459. The maximum Gasteiger partial charge on any atom is 0.270 e. The number of hydrogen-bond acceptors (Lipinski definition) is 3. The first kappa shape index (κ1) is 13.6. The van der Waals surface area contributed by atoms with Crippen LogP contribution in [0.2, 0.25) is 0 Å². The maximum atomic E-state index is 12.6. The molecule has 3 N–H and O–H groups in total. The summed E-state index contributed by atoms with van der Waals surface area (Å²) in [7, 11) is 0. The lowest BCUT2D eigenvalue weighted by atomic mass is 10.0. The lowest BCUT2D eigenvalue weighted by Gasteiger charge is -2.18. The summed E-state index contributed by atoms with van der Waals surface area (Å²) < 4.78 is 12.6. The fraction of sp³-hybridized carbons (Fsp3) is 0.500. The SMILES string of the molecule is CC(C)CC(CN)NC(=O)c1ccc(F)cn1. The summed E-state index contributed by atoms with van der Waals surface area (Å²) in [6, 6.07) is 2.49. The molecule has 0 aliphatic rings. The molecule has 5 heteroatoms. The Morgan fingerprint density at radius 1 is 1.53 bits per heavy atom. The van der Waals surface area contributed by atoms with Crippen LogP contribution in [0.15, 0.2) is 18.3 Å². The number of carbonyl (C=O) groups excluding carboxylic acids is 1. The molecule has 0 fully saturated rings.